The van der Waals surface area contributed by atoms with Gasteiger partial charge in [0.1, 0.15) is 5.82 Å². The van der Waals surface area contributed by atoms with Crippen molar-refractivity contribution in [3.63, 3.8) is 0 Å². The highest BCUT2D eigenvalue weighted by Crippen LogP contribution is 2.19. The number of hydrogen-bond donors (Lipinski definition) is 1. The van der Waals surface area contributed by atoms with E-state index in [-0.39, 0.29) is 0 Å². The SMILES string of the molecule is CCCNc1cn2ccnc2c(N(C)CCCN(C)C)n1. The molecule has 21 heavy (non-hydrogen) atoms. The third kappa shape index (κ3) is 4.07. The summed E-state index contributed by atoms with van der Waals surface area (Å²) in [6.07, 6.45) is 7.96. The highest BCUT2D eigenvalue weighted by Gasteiger charge is 2.11. The number of nitrogens with zero attached hydrogens (tertiary/aromatic N) is 5. The third-order valence-corrected chi connectivity index (χ3v) is 3.37. The van der Waals surface area contributed by atoms with Crippen molar-refractivity contribution in [2.24, 2.45) is 0 Å². The minimum Gasteiger partial charge on any atom is -0.369 e. The Balaban J connectivity index is 2.17. The molecule has 6 nitrogen and oxygen atoms in total. The third-order valence-electron chi connectivity index (χ3n) is 3.37. The Labute approximate surface area is 126 Å². The fourth-order valence-electron chi connectivity index (χ4n) is 2.24. The van der Waals surface area contributed by atoms with Crippen LogP contribution in [-0.4, -0.2) is 60.0 Å². The number of rotatable bonds is 8. The summed E-state index contributed by atoms with van der Waals surface area (Å²) in [6, 6.07) is 0. The molecule has 0 radical (unpaired) electrons. The van der Waals surface area contributed by atoms with Gasteiger partial charge in [-0.15, -0.1) is 0 Å². The average Bonchev–Trinajstić information content (AvgIpc) is 2.91. The lowest BCUT2D eigenvalue weighted by Crippen LogP contribution is -2.25. The summed E-state index contributed by atoms with van der Waals surface area (Å²) in [6.45, 7) is 5.11. The Morgan fingerprint density at radius 2 is 2.05 bits per heavy atom. The van der Waals surface area contributed by atoms with Gasteiger partial charge in [-0.3, -0.25) is 0 Å². The fourth-order valence-corrected chi connectivity index (χ4v) is 2.24. The summed E-state index contributed by atoms with van der Waals surface area (Å²) in [4.78, 5) is 13.5. The minimum absolute atomic E-state index is 0.900. The van der Waals surface area contributed by atoms with Gasteiger partial charge in [0.2, 0.25) is 0 Å². The summed E-state index contributed by atoms with van der Waals surface area (Å²) in [5, 5.41) is 3.35. The van der Waals surface area contributed by atoms with Crippen LogP contribution in [-0.2, 0) is 0 Å². The molecule has 116 valence electrons. The average molecular weight is 290 g/mol. The quantitative estimate of drug-likeness (QED) is 0.805. The van der Waals surface area contributed by atoms with E-state index < -0.39 is 0 Å². The molecule has 0 fully saturated rings. The normalized spacial score (nSPS) is 11.3. The molecule has 0 spiro atoms. The van der Waals surface area contributed by atoms with Crippen molar-refractivity contribution in [1.82, 2.24) is 19.3 Å². The molecule has 0 aliphatic carbocycles. The van der Waals surface area contributed by atoms with Gasteiger partial charge in [0, 0.05) is 32.5 Å². The van der Waals surface area contributed by atoms with Gasteiger partial charge in [-0.25, -0.2) is 9.97 Å². The number of fused-ring (bicyclic) bond motifs is 1. The molecule has 2 heterocycles. The molecule has 0 saturated heterocycles. The Bertz CT molecular complexity index is 562. The van der Waals surface area contributed by atoms with Crippen LogP contribution >= 0.6 is 0 Å². The maximum Gasteiger partial charge on any atom is 0.180 e. The molecule has 0 aliphatic heterocycles. The van der Waals surface area contributed by atoms with Gasteiger partial charge in [-0.1, -0.05) is 6.92 Å². The molecule has 0 saturated carbocycles. The van der Waals surface area contributed by atoms with Crippen molar-refractivity contribution in [3.8, 4) is 0 Å². The lowest BCUT2D eigenvalue weighted by Gasteiger charge is -2.20. The van der Waals surface area contributed by atoms with Crippen LogP contribution in [0.5, 0.6) is 0 Å². The van der Waals surface area contributed by atoms with Crippen LogP contribution in [0.3, 0.4) is 0 Å². The van der Waals surface area contributed by atoms with Crippen molar-refractivity contribution < 1.29 is 0 Å². The van der Waals surface area contributed by atoms with E-state index in [0.717, 1.165) is 49.8 Å². The molecule has 2 aromatic rings. The van der Waals surface area contributed by atoms with Gasteiger partial charge in [-0.05, 0) is 33.5 Å². The fraction of sp³-hybridized carbons (Fsp3) is 0.600. The van der Waals surface area contributed by atoms with Gasteiger partial charge >= 0.3 is 0 Å². The Morgan fingerprint density at radius 1 is 1.24 bits per heavy atom. The van der Waals surface area contributed by atoms with E-state index in [2.05, 4.69) is 48.2 Å². The van der Waals surface area contributed by atoms with E-state index in [0.29, 0.717) is 0 Å². The number of hydrogen-bond acceptors (Lipinski definition) is 5. The van der Waals surface area contributed by atoms with Gasteiger partial charge in [-0.2, -0.15) is 0 Å². The number of anilines is 2. The standard InChI is InChI=1S/C15H26N6/c1-5-7-16-13-12-21-11-8-17-14(21)15(18-13)20(4)10-6-9-19(2)3/h8,11-12,16H,5-7,9-10H2,1-4H3. The Morgan fingerprint density at radius 3 is 2.76 bits per heavy atom. The molecular weight excluding hydrogens is 264 g/mol. The van der Waals surface area contributed by atoms with E-state index in [1.807, 2.05) is 23.0 Å². The molecule has 2 aromatic heterocycles. The smallest absolute Gasteiger partial charge is 0.180 e. The second kappa shape index (κ2) is 7.26. The topological polar surface area (TPSA) is 48.7 Å². The highest BCUT2D eigenvalue weighted by atomic mass is 15.2. The number of nitrogens with one attached hydrogen (secondary N) is 1. The highest BCUT2D eigenvalue weighted by molar-refractivity contribution is 5.66. The molecule has 0 aliphatic rings. The second-order valence-corrected chi connectivity index (χ2v) is 5.61. The van der Waals surface area contributed by atoms with Gasteiger partial charge in [0.25, 0.3) is 0 Å². The Kier molecular flexibility index (Phi) is 5.38. The van der Waals surface area contributed by atoms with Crippen molar-refractivity contribution in [3.05, 3.63) is 18.6 Å². The van der Waals surface area contributed by atoms with Crippen molar-refractivity contribution in [2.45, 2.75) is 19.8 Å². The van der Waals surface area contributed by atoms with Crippen LogP contribution in [0.1, 0.15) is 19.8 Å². The monoisotopic (exact) mass is 290 g/mol. The molecule has 0 aromatic carbocycles. The maximum absolute atomic E-state index is 4.73. The summed E-state index contributed by atoms with van der Waals surface area (Å²) >= 11 is 0. The maximum atomic E-state index is 4.73. The first-order chi connectivity index (χ1) is 10.1. The van der Waals surface area contributed by atoms with Crippen LogP contribution in [0.25, 0.3) is 5.65 Å². The van der Waals surface area contributed by atoms with Crippen LogP contribution in [0, 0.1) is 0 Å². The molecule has 0 atom stereocenters. The number of aromatic nitrogens is 3. The predicted molar refractivity (Wildman–Crippen MR) is 88.2 cm³/mol. The van der Waals surface area contributed by atoms with E-state index in [1.54, 1.807) is 0 Å². The molecule has 2 rings (SSSR count). The summed E-state index contributed by atoms with van der Waals surface area (Å²) < 4.78 is 2.03. The first-order valence-electron chi connectivity index (χ1n) is 7.55. The zero-order valence-electron chi connectivity index (χ0n) is 13.5. The lowest BCUT2D eigenvalue weighted by atomic mass is 10.3. The Hall–Kier alpha value is -1.82. The van der Waals surface area contributed by atoms with Crippen LogP contribution < -0.4 is 10.2 Å². The zero-order valence-corrected chi connectivity index (χ0v) is 13.5. The molecule has 0 bridgehead atoms. The van der Waals surface area contributed by atoms with Gasteiger partial charge in [0.15, 0.2) is 11.5 Å². The zero-order chi connectivity index (χ0) is 15.2. The van der Waals surface area contributed by atoms with Crippen LogP contribution in [0.15, 0.2) is 18.6 Å². The minimum atomic E-state index is 0.900. The van der Waals surface area contributed by atoms with Gasteiger partial charge in [0.05, 0.1) is 6.20 Å². The van der Waals surface area contributed by atoms with Crippen molar-refractivity contribution in [1.29, 1.82) is 0 Å². The predicted octanol–water partition coefficient (Wildman–Crippen LogP) is 1.94. The first kappa shape index (κ1) is 15.6. The van der Waals surface area contributed by atoms with Crippen LogP contribution in [0.2, 0.25) is 0 Å². The molecule has 0 unspecified atom stereocenters. The summed E-state index contributed by atoms with van der Waals surface area (Å²) in [5.74, 6) is 1.83. The molecular formula is C15H26N6. The molecule has 1 N–H and O–H groups in total. The number of imidazole rings is 1. The summed E-state index contributed by atoms with van der Waals surface area (Å²) in [7, 11) is 6.27. The second-order valence-electron chi connectivity index (χ2n) is 5.61. The lowest BCUT2D eigenvalue weighted by molar-refractivity contribution is 0.401. The van der Waals surface area contributed by atoms with E-state index in [4.69, 9.17) is 4.98 Å². The first-order valence-corrected chi connectivity index (χ1v) is 7.55. The molecule has 0 amide bonds. The van der Waals surface area contributed by atoms with Gasteiger partial charge < -0.3 is 19.5 Å². The van der Waals surface area contributed by atoms with E-state index in [9.17, 15) is 0 Å². The molecule has 6 heteroatoms. The van der Waals surface area contributed by atoms with E-state index >= 15 is 0 Å². The summed E-state index contributed by atoms with van der Waals surface area (Å²) in [5.41, 5.74) is 0.907. The van der Waals surface area contributed by atoms with E-state index in [1.165, 1.54) is 0 Å². The van der Waals surface area contributed by atoms with Crippen molar-refractivity contribution in [2.75, 3.05) is 51.0 Å². The van der Waals surface area contributed by atoms with Crippen molar-refractivity contribution >= 4 is 17.3 Å². The van der Waals surface area contributed by atoms with Crippen LogP contribution in [0.4, 0.5) is 11.6 Å². The largest absolute Gasteiger partial charge is 0.369 e.